The number of hydrogen-bond acceptors (Lipinski definition) is 2. The van der Waals surface area contributed by atoms with Crippen LogP contribution >= 0.6 is 0 Å². The minimum Gasteiger partial charge on any atom is -0.353 e. The molecule has 1 amide bonds. The van der Waals surface area contributed by atoms with Crippen molar-refractivity contribution in [1.82, 2.24) is 5.32 Å². The Morgan fingerprint density at radius 3 is 2.32 bits per heavy atom. The van der Waals surface area contributed by atoms with Crippen molar-refractivity contribution in [2.75, 3.05) is 6.54 Å². The van der Waals surface area contributed by atoms with Gasteiger partial charge in [-0.15, -0.1) is 0 Å². The Morgan fingerprint density at radius 1 is 1.16 bits per heavy atom. The van der Waals surface area contributed by atoms with Gasteiger partial charge in [0.15, 0.2) is 0 Å². The third-order valence-corrected chi connectivity index (χ3v) is 4.36. The maximum atomic E-state index is 12.2. The molecule has 0 saturated heterocycles. The second-order valence-electron chi connectivity index (χ2n) is 6.69. The summed E-state index contributed by atoms with van der Waals surface area (Å²) in [6, 6.07) is 0.318. The largest absolute Gasteiger partial charge is 0.353 e. The normalized spacial score (nSPS) is 25.3. The van der Waals surface area contributed by atoms with Crippen LogP contribution in [-0.4, -0.2) is 18.5 Å². The van der Waals surface area contributed by atoms with Crippen molar-refractivity contribution in [2.45, 2.75) is 71.8 Å². The van der Waals surface area contributed by atoms with Gasteiger partial charge in [-0.3, -0.25) is 4.79 Å². The van der Waals surface area contributed by atoms with Crippen LogP contribution in [0.1, 0.15) is 65.7 Å². The fourth-order valence-corrected chi connectivity index (χ4v) is 2.93. The fraction of sp³-hybridized carbons (Fsp3) is 0.938. The van der Waals surface area contributed by atoms with Gasteiger partial charge in [-0.25, -0.2) is 0 Å². The topological polar surface area (TPSA) is 55.1 Å². The number of nitrogens with two attached hydrogens (primary N) is 1. The highest BCUT2D eigenvalue weighted by atomic mass is 16.1. The molecule has 0 bridgehead atoms. The van der Waals surface area contributed by atoms with Gasteiger partial charge in [0.1, 0.15) is 0 Å². The summed E-state index contributed by atoms with van der Waals surface area (Å²) in [6.07, 6.45) is 7.84. The summed E-state index contributed by atoms with van der Waals surface area (Å²) in [5.41, 5.74) is 5.68. The van der Waals surface area contributed by atoms with E-state index in [1.54, 1.807) is 0 Å². The molecular weight excluding hydrogens is 236 g/mol. The molecule has 0 aromatic rings. The van der Waals surface area contributed by atoms with E-state index in [0.29, 0.717) is 12.0 Å². The zero-order chi connectivity index (χ0) is 14.3. The summed E-state index contributed by atoms with van der Waals surface area (Å²) in [7, 11) is 0. The van der Waals surface area contributed by atoms with E-state index in [1.165, 1.54) is 12.8 Å². The van der Waals surface area contributed by atoms with Crippen LogP contribution in [0.5, 0.6) is 0 Å². The summed E-state index contributed by atoms with van der Waals surface area (Å²) in [4.78, 5) is 12.2. The number of nitrogens with one attached hydrogen (secondary N) is 1. The van der Waals surface area contributed by atoms with Crippen LogP contribution in [0.3, 0.4) is 0 Å². The fourth-order valence-electron chi connectivity index (χ4n) is 2.93. The summed E-state index contributed by atoms with van der Waals surface area (Å²) < 4.78 is 0. The summed E-state index contributed by atoms with van der Waals surface area (Å²) in [5.74, 6) is 1.91. The van der Waals surface area contributed by atoms with Gasteiger partial charge in [-0.1, -0.05) is 26.7 Å². The van der Waals surface area contributed by atoms with Gasteiger partial charge in [0, 0.05) is 12.0 Å². The molecule has 1 saturated carbocycles. The zero-order valence-corrected chi connectivity index (χ0v) is 13.0. The minimum atomic E-state index is 0.232. The molecule has 1 aliphatic carbocycles. The molecule has 0 aliphatic heterocycles. The van der Waals surface area contributed by atoms with E-state index in [2.05, 4.69) is 26.1 Å². The third-order valence-electron chi connectivity index (χ3n) is 4.36. The lowest BCUT2D eigenvalue weighted by Gasteiger charge is -2.28. The molecule has 1 rings (SSSR count). The number of carbonyl (C=O) groups excluding carboxylic acids is 1. The summed E-state index contributed by atoms with van der Waals surface area (Å²) in [6.45, 7) is 7.40. The van der Waals surface area contributed by atoms with Gasteiger partial charge in [-0.05, 0) is 57.4 Å². The van der Waals surface area contributed by atoms with Crippen molar-refractivity contribution in [3.63, 3.8) is 0 Å². The molecule has 3 nitrogen and oxygen atoms in total. The van der Waals surface area contributed by atoms with E-state index < -0.39 is 0 Å². The van der Waals surface area contributed by atoms with E-state index in [0.717, 1.165) is 44.6 Å². The van der Waals surface area contributed by atoms with Gasteiger partial charge in [-0.2, -0.15) is 0 Å². The van der Waals surface area contributed by atoms with Crippen LogP contribution in [0.25, 0.3) is 0 Å². The lowest BCUT2D eigenvalue weighted by Crippen LogP contribution is -2.39. The molecule has 1 aliphatic rings. The first kappa shape index (κ1) is 16.5. The number of amides is 1. The molecule has 3 heteroatoms. The number of carbonyl (C=O) groups is 1. The molecule has 3 N–H and O–H groups in total. The first-order chi connectivity index (χ1) is 9.02. The first-order valence-electron chi connectivity index (χ1n) is 8.03. The van der Waals surface area contributed by atoms with Crippen molar-refractivity contribution in [1.29, 1.82) is 0 Å². The van der Waals surface area contributed by atoms with Gasteiger partial charge in [0.2, 0.25) is 5.91 Å². The summed E-state index contributed by atoms with van der Waals surface area (Å²) >= 11 is 0. The predicted molar refractivity (Wildman–Crippen MR) is 80.8 cm³/mol. The van der Waals surface area contributed by atoms with Crippen LogP contribution in [0.4, 0.5) is 0 Å². The predicted octanol–water partition coefficient (Wildman–Crippen LogP) is 3.08. The molecule has 1 atom stereocenters. The van der Waals surface area contributed by atoms with E-state index in [-0.39, 0.29) is 11.8 Å². The Hall–Kier alpha value is -0.570. The van der Waals surface area contributed by atoms with Crippen molar-refractivity contribution in [3.8, 4) is 0 Å². The Bertz CT molecular complexity index is 257. The Balaban J connectivity index is 2.19. The SMILES string of the molecule is CC(C)CCCC(C)NC(=O)C1CCC(CN)CC1. The number of rotatable bonds is 7. The molecule has 0 spiro atoms. The Kier molecular flexibility index (Phi) is 7.44. The molecule has 1 fully saturated rings. The average molecular weight is 268 g/mol. The lowest BCUT2D eigenvalue weighted by atomic mass is 9.81. The van der Waals surface area contributed by atoms with E-state index in [1.807, 2.05) is 0 Å². The molecule has 0 aromatic heterocycles. The molecule has 0 aromatic carbocycles. The highest BCUT2D eigenvalue weighted by molar-refractivity contribution is 5.78. The van der Waals surface area contributed by atoms with E-state index in [4.69, 9.17) is 5.73 Å². The smallest absolute Gasteiger partial charge is 0.223 e. The monoisotopic (exact) mass is 268 g/mol. The van der Waals surface area contributed by atoms with Crippen LogP contribution in [0, 0.1) is 17.8 Å². The van der Waals surface area contributed by atoms with Gasteiger partial charge >= 0.3 is 0 Å². The van der Waals surface area contributed by atoms with E-state index in [9.17, 15) is 4.79 Å². The van der Waals surface area contributed by atoms with Crippen molar-refractivity contribution in [3.05, 3.63) is 0 Å². The second kappa shape index (κ2) is 8.57. The quantitative estimate of drug-likeness (QED) is 0.745. The van der Waals surface area contributed by atoms with Crippen molar-refractivity contribution in [2.24, 2.45) is 23.5 Å². The minimum absolute atomic E-state index is 0.232. The molecule has 0 heterocycles. The molecular formula is C16H32N2O. The maximum Gasteiger partial charge on any atom is 0.223 e. The van der Waals surface area contributed by atoms with Crippen molar-refractivity contribution < 1.29 is 4.79 Å². The second-order valence-corrected chi connectivity index (χ2v) is 6.69. The Labute approximate surface area is 118 Å². The first-order valence-corrected chi connectivity index (χ1v) is 8.03. The van der Waals surface area contributed by atoms with Gasteiger partial charge in [0.25, 0.3) is 0 Å². The van der Waals surface area contributed by atoms with Gasteiger partial charge < -0.3 is 11.1 Å². The number of hydrogen-bond donors (Lipinski definition) is 2. The highest BCUT2D eigenvalue weighted by Crippen LogP contribution is 2.28. The summed E-state index contributed by atoms with van der Waals surface area (Å²) in [5, 5.41) is 3.19. The Morgan fingerprint density at radius 2 is 1.79 bits per heavy atom. The standard InChI is InChI=1S/C16H32N2O/c1-12(2)5-4-6-13(3)18-16(19)15-9-7-14(11-17)8-10-15/h12-15H,4-11,17H2,1-3H3,(H,18,19). The van der Waals surface area contributed by atoms with Gasteiger partial charge in [0.05, 0.1) is 0 Å². The third kappa shape index (κ3) is 6.42. The van der Waals surface area contributed by atoms with Crippen molar-refractivity contribution >= 4 is 5.91 Å². The maximum absolute atomic E-state index is 12.2. The highest BCUT2D eigenvalue weighted by Gasteiger charge is 2.26. The molecule has 0 radical (unpaired) electrons. The van der Waals surface area contributed by atoms with Crippen LogP contribution in [-0.2, 0) is 4.79 Å². The van der Waals surface area contributed by atoms with E-state index >= 15 is 0 Å². The molecule has 1 unspecified atom stereocenters. The van der Waals surface area contributed by atoms with Crippen LogP contribution < -0.4 is 11.1 Å². The molecule has 112 valence electrons. The molecule has 19 heavy (non-hydrogen) atoms. The average Bonchev–Trinajstić information content (AvgIpc) is 2.38. The lowest BCUT2D eigenvalue weighted by molar-refractivity contribution is -0.126. The zero-order valence-electron chi connectivity index (χ0n) is 13.0. The van der Waals surface area contributed by atoms with Crippen LogP contribution in [0.15, 0.2) is 0 Å². The van der Waals surface area contributed by atoms with Crippen LogP contribution in [0.2, 0.25) is 0 Å².